The van der Waals surface area contributed by atoms with Gasteiger partial charge in [-0.3, -0.25) is 4.79 Å². The molecule has 0 unspecified atom stereocenters. The summed E-state index contributed by atoms with van der Waals surface area (Å²) in [5.41, 5.74) is 6.44. The maximum absolute atomic E-state index is 11.3. The summed E-state index contributed by atoms with van der Waals surface area (Å²) in [4.78, 5) is 11.3. The van der Waals surface area contributed by atoms with Crippen LogP contribution in [0.2, 0.25) is 0 Å². The van der Waals surface area contributed by atoms with Crippen molar-refractivity contribution < 1.29 is 14.6 Å². The average Bonchev–Trinajstić information content (AvgIpc) is 2.36. The first-order valence-corrected chi connectivity index (χ1v) is 5.18. The third-order valence-electron chi connectivity index (χ3n) is 2.66. The second-order valence-corrected chi connectivity index (χ2v) is 3.79. The number of esters is 1. The first-order valence-electron chi connectivity index (χ1n) is 5.18. The Labute approximate surface area is 98.6 Å². The molecule has 88 valence electrons. The summed E-state index contributed by atoms with van der Waals surface area (Å²) in [6.07, 6.45) is 0. The topological polar surface area (TPSA) is 72.5 Å². The van der Waals surface area contributed by atoms with Crippen LogP contribution in [0.25, 0.3) is 10.8 Å². The Hall–Kier alpha value is -2.07. The van der Waals surface area contributed by atoms with E-state index in [-0.39, 0.29) is 5.75 Å². The van der Waals surface area contributed by atoms with Crippen LogP contribution in [0.4, 0.5) is 0 Å². The number of nitrogens with two attached hydrogens (primary N) is 1. The quantitative estimate of drug-likeness (QED) is 0.772. The van der Waals surface area contributed by atoms with Crippen molar-refractivity contribution >= 4 is 16.7 Å². The van der Waals surface area contributed by atoms with E-state index in [0.717, 1.165) is 10.8 Å². The maximum atomic E-state index is 11.3. The van der Waals surface area contributed by atoms with E-state index in [1.807, 2.05) is 12.1 Å². The van der Waals surface area contributed by atoms with Crippen LogP contribution in [0.5, 0.6) is 5.75 Å². The molecule has 0 radical (unpaired) electrons. The third kappa shape index (κ3) is 2.21. The molecule has 0 fully saturated rings. The van der Waals surface area contributed by atoms with Crippen molar-refractivity contribution in [3.8, 4) is 5.75 Å². The zero-order valence-corrected chi connectivity index (χ0v) is 9.38. The van der Waals surface area contributed by atoms with Crippen LogP contribution >= 0.6 is 0 Å². The van der Waals surface area contributed by atoms with Crippen LogP contribution in [0.3, 0.4) is 0 Å². The largest absolute Gasteiger partial charge is 0.508 e. The minimum absolute atomic E-state index is 0.211. The summed E-state index contributed by atoms with van der Waals surface area (Å²) in [6, 6.07) is 9.63. The highest BCUT2D eigenvalue weighted by Gasteiger charge is 2.16. The van der Waals surface area contributed by atoms with Gasteiger partial charge >= 0.3 is 5.97 Å². The molecule has 0 amide bonds. The molecule has 0 aliphatic heterocycles. The lowest BCUT2D eigenvalue weighted by molar-refractivity contribution is -0.142. The minimum atomic E-state index is -0.779. The lowest BCUT2D eigenvalue weighted by Crippen LogP contribution is -2.22. The second kappa shape index (κ2) is 4.43. The second-order valence-electron chi connectivity index (χ2n) is 3.79. The van der Waals surface area contributed by atoms with E-state index in [2.05, 4.69) is 4.74 Å². The van der Waals surface area contributed by atoms with Crippen LogP contribution in [-0.4, -0.2) is 18.2 Å². The highest BCUT2D eigenvalue weighted by molar-refractivity contribution is 5.86. The average molecular weight is 231 g/mol. The number of fused-ring (bicyclic) bond motifs is 1. The molecular weight excluding hydrogens is 218 g/mol. The van der Waals surface area contributed by atoms with Gasteiger partial charge in [0.1, 0.15) is 11.8 Å². The molecule has 0 aromatic heterocycles. The van der Waals surface area contributed by atoms with Crippen molar-refractivity contribution in [2.75, 3.05) is 7.11 Å². The first kappa shape index (κ1) is 11.4. The molecular formula is C13H13NO3. The zero-order chi connectivity index (χ0) is 12.4. The Kier molecular flexibility index (Phi) is 2.97. The number of phenolic OH excluding ortho intramolecular Hbond substituents is 1. The third-order valence-corrected chi connectivity index (χ3v) is 2.66. The molecule has 4 nitrogen and oxygen atoms in total. The van der Waals surface area contributed by atoms with Gasteiger partial charge in [-0.1, -0.05) is 18.2 Å². The summed E-state index contributed by atoms with van der Waals surface area (Å²) in [7, 11) is 1.31. The molecule has 0 bridgehead atoms. The van der Waals surface area contributed by atoms with Crippen LogP contribution in [0.15, 0.2) is 36.4 Å². The smallest absolute Gasteiger partial charge is 0.327 e. The van der Waals surface area contributed by atoms with E-state index in [4.69, 9.17) is 5.73 Å². The number of phenols is 1. The lowest BCUT2D eigenvalue weighted by Gasteiger charge is -2.10. The number of benzene rings is 2. The van der Waals surface area contributed by atoms with E-state index < -0.39 is 12.0 Å². The van der Waals surface area contributed by atoms with Crippen LogP contribution in [0.1, 0.15) is 11.6 Å². The number of hydrogen-bond donors (Lipinski definition) is 2. The Bertz CT molecular complexity index is 566. The van der Waals surface area contributed by atoms with Crippen LogP contribution in [0, 0.1) is 0 Å². The van der Waals surface area contributed by atoms with Crippen molar-refractivity contribution in [2.24, 2.45) is 5.73 Å². The molecule has 1 atom stereocenters. The lowest BCUT2D eigenvalue weighted by atomic mass is 10.0. The molecule has 2 aromatic carbocycles. The van der Waals surface area contributed by atoms with Gasteiger partial charge in [0.05, 0.1) is 7.11 Å². The van der Waals surface area contributed by atoms with Crippen molar-refractivity contribution in [3.63, 3.8) is 0 Å². The fourth-order valence-corrected chi connectivity index (χ4v) is 1.71. The monoisotopic (exact) mass is 231 g/mol. The van der Waals surface area contributed by atoms with Crippen LogP contribution < -0.4 is 5.73 Å². The number of carbonyl (C=O) groups is 1. The van der Waals surface area contributed by atoms with E-state index >= 15 is 0 Å². The molecule has 2 aromatic rings. The summed E-state index contributed by atoms with van der Waals surface area (Å²) < 4.78 is 4.59. The molecule has 17 heavy (non-hydrogen) atoms. The van der Waals surface area contributed by atoms with Gasteiger partial charge in [0.2, 0.25) is 0 Å². The molecule has 2 rings (SSSR count). The van der Waals surface area contributed by atoms with E-state index in [1.165, 1.54) is 7.11 Å². The Morgan fingerprint density at radius 3 is 2.59 bits per heavy atom. The van der Waals surface area contributed by atoms with E-state index in [1.54, 1.807) is 24.3 Å². The summed E-state index contributed by atoms with van der Waals surface area (Å²) in [5.74, 6) is -0.259. The predicted molar refractivity (Wildman–Crippen MR) is 64.6 cm³/mol. The Morgan fingerprint density at radius 1 is 1.24 bits per heavy atom. The van der Waals surface area contributed by atoms with Gasteiger partial charge in [0.15, 0.2) is 0 Å². The normalized spacial score (nSPS) is 12.4. The SMILES string of the molecule is COC(=O)[C@@H](N)c1ccc2cc(O)ccc2c1. The molecule has 0 aliphatic carbocycles. The van der Waals surface area contributed by atoms with Crippen molar-refractivity contribution in [3.05, 3.63) is 42.0 Å². The number of aromatic hydroxyl groups is 1. The van der Waals surface area contributed by atoms with Gasteiger partial charge in [-0.25, -0.2) is 0 Å². The Balaban J connectivity index is 2.44. The number of ether oxygens (including phenoxy) is 1. The molecule has 3 N–H and O–H groups in total. The fourth-order valence-electron chi connectivity index (χ4n) is 1.71. The molecule has 0 heterocycles. The molecule has 0 spiro atoms. The van der Waals surface area contributed by atoms with E-state index in [0.29, 0.717) is 5.56 Å². The van der Waals surface area contributed by atoms with Gasteiger partial charge in [-0.2, -0.15) is 0 Å². The van der Waals surface area contributed by atoms with Gasteiger partial charge in [0, 0.05) is 0 Å². The van der Waals surface area contributed by atoms with Crippen molar-refractivity contribution in [1.29, 1.82) is 0 Å². The number of methoxy groups -OCH3 is 1. The van der Waals surface area contributed by atoms with Crippen LogP contribution in [-0.2, 0) is 9.53 Å². The maximum Gasteiger partial charge on any atom is 0.327 e. The number of hydrogen-bond acceptors (Lipinski definition) is 4. The van der Waals surface area contributed by atoms with Gasteiger partial charge in [-0.15, -0.1) is 0 Å². The predicted octanol–water partition coefficient (Wildman–Crippen LogP) is 1.72. The van der Waals surface area contributed by atoms with E-state index in [9.17, 15) is 9.90 Å². The fraction of sp³-hybridized carbons (Fsp3) is 0.154. The van der Waals surface area contributed by atoms with Gasteiger partial charge in [-0.05, 0) is 34.5 Å². The molecule has 4 heteroatoms. The molecule has 0 saturated heterocycles. The molecule has 0 aliphatic rings. The van der Waals surface area contributed by atoms with Gasteiger partial charge in [0.25, 0.3) is 0 Å². The van der Waals surface area contributed by atoms with Gasteiger partial charge < -0.3 is 15.6 Å². The molecule has 0 saturated carbocycles. The number of rotatable bonds is 2. The van der Waals surface area contributed by atoms with Crippen molar-refractivity contribution in [2.45, 2.75) is 6.04 Å². The summed E-state index contributed by atoms with van der Waals surface area (Å²) in [5, 5.41) is 11.1. The highest BCUT2D eigenvalue weighted by Crippen LogP contribution is 2.23. The van der Waals surface area contributed by atoms with Crippen molar-refractivity contribution in [1.82, 2.24) is 0 Å². The highest BCUT2D eigenvalue weighted by atomic mass is 16.5. The number of carbonyl (C=O) groups excluding carboxylic acids is 1. The minimum Gasteiger partial charge on any atom is -0.508 e. The summed E-state index contributed by atoms with van der Waals surface area (Å²) in [6.45, 7) is 0. The Morgan fingerprint density at radius 2 is 1.88 bits per heavy atom. The first-order chi connectivity index (χ1) is 8.11. The standard InChI is InChI=1S/C13H13NO3/c1-17-13(16)12(14)10-3-2-9-7-11(15)5-4-8(9)6-10/h2-7,12,15H,14H2,1H3/t12-/m0/s1. The summed E-state index contributed by atoms with van der Waals surface area (Å²) >= 11 is 0. The zero-order valence-electron chi connectivity index (χ0n) is 9.38.